The average molecular weight is 856 g/mol. The molecule has 0 fully saturated rings. The number of aliphatic hydroxyl groups is 1. The Bertz CT molecular complexity index is 2970. The van der Waals surface area contributed by atoms with Crippen molar-refractivity contribution in [3.8, 4) is 11.3 Å². The third kappa shape index (κ3) is 9.76. The second kappa shape index (κ2) is 22.1. The Kier molecular flexibility index (Phi) is 15.9. The van der Waals surface area contributed by atoms with Crippen LogP contribution >= 0.6 is 11.3 Å². The molecule has 0 atom stereocenters. The Morgan fingerprint density at radius 2 is 1.31 bits per heavy atom. The van der Waals surface area contributed by atoms with E-state index < -0.39 is 0 Å². The normalized spacial score (nSPS) is 15.1. The van der Waals surface area contributed by atoms with Gasteiger partial charge >= 0.3 is 0 Å². The van der Waals surface area contributed by atoms with E-state index in [-0.39, 0.29) is 0 Å². The minimum atomic E-state index is 0.823. The van der Waals surface area contributed by atoms with Crippen LogP contribution in [0.15, 0.2) is 215 Å². The van der Waals surface area contributed by atoms with Crippen molar-refractivity contribution in [2.45, 2.75) is 41.5 Å². The van der Waals surface area contributed by atoms with Crippen molar-refractivity contribution in [2.75, 3.05) is 9.80 Å². The minimum Gasteiger partial charge on any atom is -0.516 e. The molecule has 5 aromatic carbocycles. The molecule has 0 radical (unpaired) electrons. The fraction of sp³-hybridized carbons (Fsp3) is 0.102. The zero-order chi connectivity index (χ0) is 45.6. The average Bonchev–Trinajstić information content (AvgIpc) is 3.72. The van der Waals surface area contributed by atoms with Gasteiger partial charge in [0.25, 0.3) is 0 Å². The van der Waals surface area contributed by atoms with Gasteiger partial charge in [0.15, 0.2) is 0 Å². The number of rotatable bonds is 7. The Hall–Kier alpha value is -7.47. The van der Waals surface area contributed by atoms with Crippen LogP contribution in [0.3, 0.4) is 0 Å². The van der Waals surface area contributed by atoms with Crippen LogP contribution in [0.25, 0.3) is 53.7 Å². The van der Waals surface area contributed by atoms with Gasteiger partial charge in [-0.1, -0.05) is 146 Å². The monoisotopic (exact) mass is 855 g/mol. The van der Waals surface area contributed by atoms with Crippen LogP contribution in [0.2, 0.25) is 0 Å². The summed E-state index contributed by atoms with van der Waals surface area (Å²) >= 11 is 1.77. The van der Waals surface area contributed by atoms with Crippen molar-refractivity contribution in [3.05, 3.63) is 237 Å². The highest BCUT2D eigenvalue weighted by atomic mass is 32.1. The van der Waals surface area contributed by atoms with Crippen molar-refractivity contribution >= 4 is 76.6 Å². The SMILES string of the molecule is C=C(/C=C(\C=C/O)c1ccc2sc3c4c(ccc3c2c1)N(c1cccc(-c2ccccn2)c1)/C=C\C=C/C4=C)c1cccc(N2/C=C\C=C/C(=C)c3ccccc32)c1.CC.CC.CC. The number of hydrogen-bond donors (Lipinski definition) is 1. The highest BCUT2D eigenvalue weighted by Crippen LogP contribution is 2.46. The van der Waals surface area contributed by atoms with Crippen LogP contribution in [-0.2, 0) is 0 Å². The van der Waals surface area contributed by atoms with Gasteiger partial charge in [0.1, 0.15) is 0 Å². The maximum absolute atomic E-state index is 10.1. The molecule has 64 heavy (non-hydrogen) atoms. The number of aliphatic hydroxyl groups excluding tert-OH is 1. The summed E-state index contributed by atoms with van der Waals surface area (Å²) in [6.07, 6.45) is 23.1. The summed E-state index contributed by atoms with van der Waals surface area (Å²) in [5.74, 6) is 0. The smallest absolute Gasteiger partial charge is 0.0797 e. The van der Waals surface area contributed by atoms with E-state index in [0.29, 0.717) is 0 Å². The molecule has 9 rings (SSSR count). The molecule has 4 heterocycles. The molecule has 1 N–H and O–H groups in total. The molecule has 2 aliphatic heterocycles. The molecule has 320 valence electrons. The third-order valence-electron chi connectivity index (χ3n) is 10.5. The number of nitrogens with zero attached hydrogens (tertiary/aromatic N) is 3. The maximum Gasteiger partial charge on any atom is 0.0797 e. The van der Waals surface area contributed by atoms with E-state index in [1.54, 1.807) is 17.4 Å². The van der Waals surface area contributed by atoms with Crippen LogP contribution in [-0.4, -0.2) is 10.1 Å². The Labute approximate surface area is 384 Å². The first kappa shape index (κ1) is 46.0. The molecular formula is C59H57N3OS. The molecular weight excluding hydrogens is 799 g/mol. The lowest BCUT2D eigenvalue weighted by molar-refractivity contribution is 0.474. The van der Waals surface area contributed by atoms with Gasteiger partial charge < -0.3 is 14.9 Å². The number of aromatic nitrogens is 1. The van der Waals surface area contributed by atoms with Crippen LogP contribution in [0.4, 0.5) is 22.7 Å². The summed E-state index contributed by atoms with van der Waals surface area (Å²) in [6.45, 7) is 25.3. The molecule has 5 heteroatoms. The molecule has 2 aliphatic rings. The molecule has 2 aromatic heterocycles. The lowest BCUT2D eigenvalue weighted by Gasteiger charge is -2.26. The predicted octanol–water partition coefficient (Wildman–Crippen LogP) is 17.8. The van der Waals surface area contributed by atoms with Crippen LogP contribution in [0.5, 0.6) is 0 Å². The molecule has 0 amide bonds. The van der Waals surface area contributed by atoms with Gasteiger partial charge in [0.05, 0.1) is 23.3 Å². The number of allylic oxidation sites excluding steroid dienone is 12. The van der Waals surface area contributed by atoms with E-state index in [1.807, 2.05) is 108 Å². The molecule has 0 unspecified atom stereocenters. The summed E-state index contributed by atoms with van der Waals surface area (Å²) in [4.78, 5) is 9.00. The second-order valence-corrected chi connectivity index (χ2v) is 15.2. The molecule has 4 nitrogen and oxygen atoms in total. The standard InChI is InChI=1S/C53H39N3OS.3C2H6/c1-36-14-7-10-29-55(49-22-5-4-20-45(36)49)43-18-12-16-39(33-43)38(3)32-41(27-31-57)40-23-26-51-47(35-40)46-24-25-50-52(53(46)58-51)37(2)15-8-11-30-56(50)44-19-13-17-42(34-44)48-21-6-9-28-54-48;3*1-2/h4-35,57H,1-3H2;3*1-2H3/b14-7-,15-8-,29-10-,30-11-,31-27-,41-32+;;;. The number of pyridine rings is 1. The molecule has 0 bridgehead atoms. The summed E-state index contributed by atoms with van der Waals surface area (Å²) < 4.78 is 2.34. The lowest BCUT2D eigenvalue weighted by atomic mass is 9.96. The number of anilines is 4. The van der Waals surface area contributed by atoms with Gasteiger partial charge in [-0.15, -0.1) is 11.3 Å². The van der Waals surface area contributed by atoms with Crippen molar-refractivity contribution < 1.29 is 5.11 Å². The number of para-hydroxylation sites is 1. The topological polar surface area (TPSA) is 39.6 Å². The predicted molar refractivity (Wildman–Crippen MR) is 284 cm³/mol. The minimum absolute atomic E-state index is 0.823. The number of benzene rings is 5. The van der Waals surface area contributed by atoms with Crippen molar-refractivity contribution in [1.29, 1.82) is 0 Å². The van der Waals surface area contributed by atoms with Crippen molar-refractivity contribution in [2.24, 2.45) is 0 Å². The summed E-state index contributed by atoms with van der Waals surface area (Å²) in [5, 5.41) is 12.4. The van der Waals surface area contributed by atoms with E-state index in [0.717, 1.165) is 95.6 Å². The van der Waals surface area contributed by atoms with E-state index in [2.05, 4.69) is 150 Å². The second-order valence-electron chi connectivity index (χ2n) is 14.1. The van der Waals surface area contributed by atoms with Crippen LogP contribution in [0, 0.1) is 0 Å². The van der Waals surface area contributed by atoms with E-state index in [4.69, 9.17) is 0 Å². The number of hydrogen-bond acceptors (Lipinski definition) is 5. The van der Waals surface area contributed by atoms with Crippen molar-refractivity contribution in [1.82, 2.24) is 4.98 Å². The first-order valence-corrected chi connectivity index (χ1v) is 22.9. The van der Waals surface area contributed by atoms with E-state index in [1.165, 1.54) is 9.40 Å². The maximum atomic E-state index is 10.1. The molecule has 0 saturated carbocycles. The van der Waals surface area contributed by atoms with Crippen LogP contribution < -0.4 is 9.80 Å². The number of thiophene rings is 1. The van der Waals surface area contributed by atoms with E-state index in [9.17, 15) is 5.11 Å². The molecule has 7 aromatic rings. The first-order valence-electron chi connectivity index (χ1n) is 22.1. The lowest BCUT2D eigenvalue weighted by Crippen LogP contribution is -2.11. The highest BCUT2D eigenvalue weighted by Gasteiger charge is 2.21. The van der Waals surface area contributed by atoms with Crippen LogP contribution in [0.1, 0.15) is 63.8 Å². The summed E-state index contributed by atoms with van der Waals surface area (Å²) in [7, 11) is 0. The molecule has 0 aliphatic carbocycles. The fourth-order valence-corrected chi connectivity index (χ4v) is 8.92. The Morgan fingerprint density at radius 1 is 0.625 bits per heavy atom. The molecule has 0 saturated heterocycles. The number of fused-ring (bicyclic) bond motifs is 6. The van der Waals surface area contributed by atoms with Gasteiger partial charge in [-0.25, -0.2) is 0 Å². The van der Waals surface area contributed by atoms with E-state index >= 15 is 0 Å². The highest BCUT2D eigenvalue weighted by molar-refractivity contribution is 7.26. The largest absolute Gasteiger partial charge is 0.516 e. The van der Waals surface area contributed by atoms with Gasteiger partial charge in [-0.3, -0.25) is 4.98 Å². The van der Waals surface area contributed by atoms with Crippen molar-refractivity contribution in [3.63, 3.8) is 0 Å². The summed E-state index contributed by atoms with van der Waals surface area (Å²) in [5.41, 5.74) is 13.8. The zero-order valence-electron chi connectivity index (χ0n) is 37.8. The zero-order valence-corrected chi connectivity index (χ0v) is 38.6. The van der Waals surface area contributed by atoms with Gasteiger partial charge in [0.2, 0.25) is 0 Å². The fourth-order valence-electron chi connectivity index (χ4n) is 7.66. The molecule has 0 spiro atoms. The Morgan fingerprint density at radius 3 is 2.05 bits per heavy atom. The third-order valence-corrected chi connectivity index (χ3v) is 11.7. The Balaban J connectivity index is 0.00000109. The summed E-state index contributed by atoms with van der Waals surface area (Å²) in [6, 6.07) is 42.1. The van der Waals surface area contributed by atoms with Gasteiger partial charge in [-0.05, 0) is 118 Å². The van der Waals surface area contributed by atoms with Gasteiger partial charge in [-0.2, -0.15) is 0 Å². The quantitative estimate of drug-likeness (QED) is 0.128. The van der Waals surface area contributed by atoms with Gasteiger partial charge in [0, 0.05) is 66.8 Å². The first-order chi connectivity index (χ1) is 31.5.